The molecule has 0 aromatic heterocycles. The molecule has 3 unspecified atom stereocenters. The maximum absolute atomic E-state index is 15.6. The molecule has 1 fully saturated rings. The van der Waals surface area contributed by atoms with Gasteiger partial charge in [0.2, 0.25) is 0 Å². The average molecular weight is 1180 g/mol. The molecule has 0 N–H and O–H groups in total. The molecule has 6 aromatic rings. The third-order valence-electron chi connectivity index (χ3n) is 15.2. The molecule has 14 nitrogen and oxygen atoms in total. The highest BCUT2D eigenvalue weighted by atomic mass is 32.2. The molecule has 18 heteroatoms. The number of rotatable bonds is 16. The van der Waals surface area contributed by atoms with Crippen molar-refractivity contribution < 1.29 is 53.9 Å². The predicted octanol–water partition coefficient (Wildman–Crippen LogP) is 14.8. The van der Waals surface area contributed by atoms with Crippen LogP contribution in [0.4, 0.5) is 0 Å². The van der Waals surface area contributed by atoms with Gasteiger partial charge in [-0.05, 0) is 148 Å². The molecular formula is C63H76N2O12P2S2. The Labute approximate surface area is 482 Å². The van der Waals surface area contributed by atoms with Crippen LogP contribution >= 0.6 is 17.1 Å². The van der Waals surface area contributed by atoms with Gasteiger partial charge in [0.05, 0.1) is 9.79 Å². The van der Waals surface area contributed by atoms with Crippen LogP contribution in [0.5, 0.6) is 40.2 Å². The summed E-state index contributed by atoms with van der Waals surface area (Å²) in [5.74, 6) is 3.73. The van der Waals surface area contributed by atoms with Crippen LogP contribution in [0.15, 0.2) is 137 Å². The maximum atomic E-state index is 15.6. The number of hydrogen-bond donors (Lipinski definition) is 0. The Morgan fingerprint density at radius 3 is 1.37 bits per heavy atom. The summed E-state index contributed by atoms with van der Waals surface area (Å²) in [7, 11) is -12.2. The van der Waals surface area contributed by atoms with E-state index in [0.717, 1.165) is 40.0 Å². The van der Waals surface area contributed by atoms with Crippen molar-refractivity contribution in [2.75, 3.05) is 13.7 Å². The minimum absolute atomic E-state index is 0.00366. The number of benzene rings is 6. The van der Waals surface area contributed by atoms with Gasteiger partial charge in [-0.1, -0.05) is 103 Å². The van der Waals surface area contributed by atoms with Crippen molar-refractivity contribution in [3.8, 4) is 40.2 Å². The summed E-state index contributed by atoms with van der Waals surface area (Å²) >= 11 is 0. The quantitative estimate of drug-likeness (QED) is 0.0849. The summed E-state index contributed by atoms with van der Waals surface area (Å²) in [6.45, 7) is 21.9. The fourth-order valence-electron chi connectivity index (χ4n) is 11.5. The molecule has 3 atom stereocenters. The highest BCUT2D eigenvalue weighted by Crippen LogP contribution is 2.59. The van der Waals surface area contributed by atoms with E-state index >= 15 is 16.8 Å². The second-order valence-corrected chi connectivity index (χ2v) is 31.9. The third-order valence-corrected chi connectivity index (χ3v) is 23.0. The Kier molecular flexibility index (Phi) is 16.2. The van der Waals surface area contributed by atoms with Crippen LogP contribution in [0.3, 0.4) is 0 Å². The lowest BCUT2D eigenvalue weighted by atomic mass is 9.74. The normalized spacial score (nSPS) is 21.0. The molecular weight excluding hydrogens is 1100 g/mol. The highest BCUT2D eigenvalue weighted by molar-refractivity contribution is 7.94. The van der Waals surface area contributed by atoms with Gasteiger partial charge in [0.25, 0.3) is 20.0 Å². The topological polar surface area (TPSA) is 149 Å². The molecule has 1 saturated carbocycles. The first-order valence-electron chi connectivity index (χ1n) is 27.7. The van der Waals surface area contributed by atoms with E-state index in [2.05, 4.69) is 26.0 Å². The number of para-hydroxylation sites is 4. The smallest absolute Gasteiger partial charge is 0.399 e. The lowest BCUT2D eigenvalue weighted by molar-refractivity contribution is 0.131. The van der Waals surface area contributed by atoms with Crippen LogP contribution in [0.25, 0.3) is 0 Å². The standard InChI is InChI=1S/C53H64N2O11P2S2.C10H12O/c1-36-22-26-42(27-23-36)69(56,57)54(67(64-44-19-11-15-38-31-50(3,4)61-47(38)44)65-45-20-12-16-39-32-51(5,6)62-48(39)45)35-53(9)30-14-18-41(34-53)55(70(58,59)43-28-24-37(2)25-29-43)68(60-10)66-46-21-13-17-40-33-52(7,8)63-49(40)46;1-10(2)7-8-5-3-4-6-9(8)11-10/h11-13,15-17,19-29,41H,14,18,30-35H2,1-10H3;3-6H,7H2,1-2H3. The Bertz CT molecular complexity index is 3420. The molecule has 81 heavy (non-hydrogen) atoms. The molecule has 0 spiro atoms. The van der Waals surface area contributed by atoms with Gasteiger partial charge in [0.1, 0.15) is 28.2 Å². The molecule has 432 valence electrons. The van der Waals surface area contributed by atoms with Gasteiger partial charge < -0.3 is 37.0 Å². The Morgan fingerprint density at radius 1 is 0.506 bits per heavy atom. The molecule has 0 radical (unpaired) electrons. The van der Waals surface area contributed by atoms with Crippen LogP contribution in [0.1, 0.15) is 121 Å². The van der Waals surface area contributed by atoms with E-state index in [1.807, 2.05) is 111 Å². The molecule has 1 aliphatic carbocycles. The maximum Gasteiger partial charge on any atom is 0.399 e. The predicted molar refractivity (Wildman–Crippen MR) is 318 cm³/mol. The molecule has 0 amide bonds. The Morgan fingerprint density at radius 2 is 0.914 bits per heavy atom. The molecule has 11 rings (SSSR count). The molecule has 5 aliphatic rings. The number of fused-ring (bicyclic) bond motifs is 4. The van der Waals surface area contributed by atoms with Gasteiger partial charge in [-0.25, -0.2) is 16.8 Å². The molecule has 0 bridgehead atoms. The minimum atomic E-state index is -4.42. The van der Waals surface area contributed by atoms with Crippen molar-refractivity contribution in [2.45, 2.75) is 166 Å². The summed E-state index contributed by atoms with van der Waals surface area (Å²) in [4.78, 5) is 0.144. The molecule has 6 aromatic carbocycles. The van der Waals surface area contributed by atoms with E-state index in [1.165, 1.54) is 20.8 Å². The Hall–Kier alpha value is -5.44. The van der Waals surface area contributed by atoms with Crippen LogP contribution < -0.4 is 32.5 Å². The molecule has 4 heterocycles. The number of ether oxygens (including phenoxy) is 4. The van der Waals surface area contributed by atoms with Gasteiger partial charge in [0, 0.05) is 62.1 Å². The monoisotopic (exact) mass is 1180 g/mol. The number of hydrogen-bond acceptors (Lipinski definition) is 12. The zero-order valence-electron chi connectivity index (χ0n) is 48.6. The van der Waals surface area contributed by atoms with Gasteiger partial charge in [-0.15, -0.1) is 8.15 Å². The largest absolute Gasteiger partial charge is 0.487 e. The van der Waals surface area contributed by atoms with Crippen LogP contribution in [-0.4, -0.2) is 67.1 Å². The highest BCUT2D eigenvalue weighted by Gasteiger charge is 2.50. The molecule has 0 saturated heterocycles. The van der Waals surface area contributed by atoms with Crippen molar-refractivity contribution in [2.24, 2.45) is 5.41 Å². The van der Waals surface area contributed by atoms with E-state index in [1.54, 1.807) is 66.7 Å². The van der Waals surface area contributed by atoms with Crippen molar-refractivity contribution in [3.05, 3.63) is 161 Å². The number of sulfonamides is 2. The summed E-state index contributed by atoms with van der Waals surface area (Å²) < 4.78 is 116. The summed E-state index contributed by atoms with van der Waals surface area (Å²) in [6.07, 6.45) is 4.77. The summed E-state index contributed by atoms with van der Waals surface area (Å²) in [5.41, 5.74) is 3.55. The van der Waals surface area contributed by atoms with Gasteiger partial charge in [-0.2, -0.15) is 0 Å². The first-order valence-corrected chi connectivity index (χ1v) is 32.8. The van der Waals surface area contributed by atoms with E-state index in [9.17, 15) is 0 Å². The lowest BCUT2D eigenvalue weighted by Crippen LogP contribution is -2.47. The zero-order valence-corrected chi connectivity index (χ0v) is 52.0. The SMILES string of the molecule is CC1(C)Cc2ccccc2O1.COP(Oc1cccc2c1OC(C)(C)C2)N(C1CCCC(C)(CN(P(Oc2cccc3c2OC(C)(C)C3)Oc2cccc3c2OC(C)(C)C3)S(=O)(=O)c2ccc(C)cc2)C1)S(=O)(=O)c1ccc(C)cc1. The first kappa shape index (κ1) is 58.7. The van der Waals surface area contributed by atoms with Gasteiger partial charge in [0.15, 0.2) is 34.5 Å². The van der Waals surface area contributed by atoms with Crippen molar-refractivity contribution in [3.63, 3.8) is 0 Å². The number of aryl methyl sites for hydroxylation is 2. The van der Waals surface area contributed by atoms with Crippen molar-refractivity contribution in [1.29, 1.82) is 0 Å². The average Bonchev–Trinajstić information content (AvgIpc) is 4.19. The van der Waals surface area contributed by atoms with Gasteiger partial charge >= 0.3 is 17.1 Å². The van der Waals surface area contributed by atoms with E-state index in [4.69, 9.17) is 37.0 Å². The lowest BCUT2D eigenvalue weighted by Gasteiger charge is -2.45. The van der Waals surface area contributed by atoms with E-state index < -0.39 is 65.4 Å². The van der Waals surface area contributed by atoms with Crippen molar-refractivity contribution in [1.82, 2.24) is 8.15 Å². The van der Waals surface area contributed by atoms with Crippen LogP contribution in [0, 0.1) is 19.3 Å². The van der Waals surface area contributed by atoms with Crippen LogP contribution in [0.2, 0.25) is 0 Å². The molecule has 4 aliphatic heterocycles. The van der Waals surface area contributed by atoms with E-state index in [0.29, 0.717) is 73.0 Å². The summed E-state index contributed by atoms with van der Waals surface area (Å²) in [6, 6.07) is 37.9. The zero-order chi connectivity index (χ0) is 57.9. The van der Waals surface area contributed by atoms with E-state index in [-0.39, 0.29) is 28.4 Å². The van der Waals surface area contributed by atoms with Crippen molar-refractivity contribution >= 4 is 37.1 Å². The second-order valence-electron chi connectivity index (χ2n) is 24.9. The fourth-order valence-corrected chi connectivity index (χ4v) is 18.9. The third kappa shape index (κ3) is 12.9. The van der Waals surface area contributed by atoms with Crippen LogP contribution in [-0.2, 0) is 50.3 Å². The van der Waals surface area contributed by atoms with Gasteiger partial charge in [-0.3, -0.25) is 0 Å². The Balaban J connectivity index is 0.000000594. The minimum Gasteiger partial charge on any atom is -0.487 e. The fraction of sp³-hybridized carbons (Fsp3) is 0.429. The number of nitrogens with zero attached hydrogens (tertiary/aromatic N) is 2. The second kappa shape index (κ2) is 22.3. The first-order chi connectivity index (χ1) is 38.1. The summed E-state index contributed by atoms with van der Waals surface area (Å²) in [5, 5.41) is 0.